The van der Waals surface area contributed by atoms with Gasteiger partial charge in [0.05, 0.1) is 0 Å². The third kappa shape index (κ3) is 3.43. The standard InChI is InChI=1S/C19H22N4S/c20-19-21-12-17(24-19)14-23-10-8-22(9-11-23)13-16-6-3-5-15-4-1-2-7-18(15)16/h1-7,12H,8-11,13-14H2,(H2,20,21). The third-order valence-corrected chi connectivity index (χ3v) is 5.50. The molecular formula is C19H22N4S. The molecule has 1 aromatic heterocycles. The highest BCUT2D eigenvalue weighted by molar-refractivity contribution is 7.15. The van der Waals surface area contributed by atoms with Crippen molar-refractivity contribution in [3.8, 4) is 0 Å². The van der Waals surface area contributed by atoms with Crippen molar-refractivity contribution in [3.05, 3.63) is 59.1 Å². The Labute approximate surface area is 146 Å². The number of anilines is 1. The first-order valence-electron chi connectivity index (χ1n) is 8.39. The van der Waals surface area contributed by atoms with Crippen molar-refractivity contribution < 1.29 is 0 Å². The Balaban J connectivity index is 1.37. The molecule has 4 rings (SSSR count). The maximum Gasteiger partial charge on any atom is 0.180 e. The van der Waals surface area contributed by atoms with Crippen LogP contribution in [0.1, 0.15) is 10.4 Å². The van der Waals surface area contributed by atoms with E-state index in [2.05, 4.69) is 57.2 Å². The highest BCUT2D eigenvalue weighted by Crippen LogP contribution is 2.21. The van der Waals surface area contributed by atoms with Gasteiger partial charge in [-0.2, -0.15) is 0 Å². The van der Waals surface area contributed by atoms with Gasteiger partial charge in [-0.15, -0.1) is 11.3 Å². The predicted octanol–water partition coefficient (Wildman–Crippen LogP) is 3.20. The van der Waals surface area contributed by atoms with Crippen LogP contribution in [-0.4, -0.2) is 41.0 Å². The fourth-order valence-electron chi connectivity index (χ4n) is 3.39. The van der Waals surface area contributed by atoms with Crippen LogP contribution >= 0.6 is 11.3 Å². The molecule has 0 radical (unpaired) electrons. The molecular weight excluding hydrogens is 316 g/mol. The first-order valence-corrected chi connectivity index (χ1v) is 9.21. The van der Waals surface area contributed by atoms with E-state index in [1.165, 1.54) is 21.2 Å². The Morgan fingerprint density at radius 1 is 0.917 bits per heavy atom. The number of hydrogen-bond acceptors (Lipinski definition) is 5. The summed E-state index contributed by atoms with van der Waals surface area (Å²) >= 11 is 1.60. The van der Waals surface area contributed by atoms with Crippen molar-refractivity contribution in [2.24, 2.45) is 0 Å². The van der Waals surface area contributed by atoms with Crippen LogP contribution in [0.3, 0.4) is 0 Å². The number of benzene rings is 2. The van der Waals surface area contributed by atoms with Gasteiger partial charge in [0, 0.05) is 50.3 Å². The van der Waals surface area contributed by atoms with E-state index >= 15 is 0 Å². The molecule has 124 valence electrons. The molecule has 0 aliphatic carbocycles. The SMILES string of the molecule is Nc1ncc(CN2CCN(Cc3cccc4ccccc34)CC2)s1. The molecule has 0 unspecified atom stereocenters. The average Bonchev–Trinajstić information content (AvgIpc) is 3.02. The van der Waals surface area contributed by atoms with Crippen LogP contribution in [0, 0.1) is 0 Å². The number of nitrogen functional groups attached to an aromatic ring is 1. The summed E-state index contributed by atoms with van der Waals surface area (Å²) in [5.41, 5.74) is 7.15. The molecule has 24 heavy (non-hydrogen) atoms. The molecule has 0 bridgehead atoms. The topological polar surface area (TPSA) is 45.4 Å². The lowest BCUT2D eigenvalue weighted by atomic mass is 10.0. The smallest absolute Gasteiger partial charge is 0.180 e. The van der Waals surface area contributed by atoms with Crippen molar-refractivity contribution >= 4 is 27.2 Å². The number of fused-ring (bicyclic) bond motifs is 1. The molecule has 2 N–H and O–H groups in total. The van der Waals surface area contributed by atoms with Crippen LogP contribution in [0.15, 0.2) is 48.7 Å². The van der Waals surface area contributed by atoms with E-state index in [4.69, 9.17) is 5.73 Å². The Morgan fingerprint density at radius 3 is 2.38 bits per heavy atom. The minimum absolute atomic E-state index is 0.666. The normalized spacial score (nSPS) is 16.7. The zero-order valence-corrected chi connectivity index (χ0v) is 14.5. The van der Waals surface area contributed by atoms with Crippen LogP contribution in [0.4, 0.5) is 5.13 Å². The summed E-state index contributed by atoms with van der Waals surface area (Å²) in [5.74, 6) is 0. The molecule has 1 aliphatic heterocycles. The molecule has 4 nitrogen and oxygen atoms in total. The number of piperazine rings is 1. The lowest BCUT2D eigenvalue weighted by Crippen LogP contribution is -2.45. The maximum absolute atomic E-state index is 5.72. The van der Waals surface area contributed by atoms with Crippen molar-refractivity contribution in [3.63, 3.8) is 0 Å². The van der Waals surface area contributed by atoms with Gasteiger partial charge >= 0.3 is 0 Å². The molecule has 2 aromatic carbocycles. The molecule has 0 amide bonds. The van der Waals surface area contributed by atoms with Gasteiger partial charge in [0.15, 0.2) is 5.13 Å². The summed E-state index contributed by atoms with van der Waals surface area (Å²) in [5, 5.41) is 3.37. The monoisotopic (exact) mass is 338 g/mol. The molecule has 0 atom stereocenters. The summed E-state index contributed by atoms with van der Waals surface area (Å²) in [7, 11) is 0. The second kappa shape index (κ2) is 6.89. The molecule has 0 saturated carbocycles. The number of hydrogen-bond donors (Lipinski definition) is 1. The summed E-state index contributed by atoms with van der Waals surface area (Å²) in [6.45, 7) is 6.42. The zero-order chi connectivity index (χ0) is 16.4. The van der Waals surface area contributed by atoms with Crippen molar-refractivity contribution in [2.75, 3.05) is 31.9 Å². The largest absolute Gasteiger partial charge is 0.375 e. The van der Waals surface area contributed by atoms with Crippen LogP contribution in [0.2, 0.25) is 0 Å². The van der Waals surface area contributed by atoms with E-state index in [1.807, 2.05) is 6.20 Å². The summed E-state index contributed by atoms with van der Waals surface area (Å²) in [6, 6.07) is 15.3. The molecule has 3 aromatic rings. The molecule has 0 spiro atoms. The average molecular weight is 338 g/mol. The predicted molar refractivity (Wildman–Crippen MR) is 101 cm³/mol. The van der Waals surface area contributed by atoms with E-state index < -0.39 is 0 Å². The molecule has 1 fully saturated rings. The fourth-order valence-corrected chi connectivity index (χ4v) is 4.12. The van der Waals surface area contributed by atoms with Gasteiger partial charge in [0.25, 0.3) is 0 Å². The minimum Gasteiger partial charge on any atom is -0.375 e. The first-order chi connectivity index (χ1) is 11.8. The number of thiazole rings is 1. The van der Waals surface area contributed by atoms with Gasteiger partial charge in [-0.05, 0) is 16.3 Å². The van der Waals surface area contributed by atoms with E-state index in [0.29, 0.717) is 5.13 Å². The lowest BCUT2D eigenvalue weighted by molar-refractivity contribution is 0.123. The van der Waals surface area contributed by atoms with Gasteiger partial charge in [-0.1, -0.05) is 42.5 Å². The van der Waals surface area contributed by atoms with Gasteiger partial charge in [0.1, 0.15) is 0 Å². The van der Waals surface area contributed by atoms with Gasteiger partial charge in [-0.25, -0.2) is 4.98 Å². The fraction of sp³-hybridized carbons (Fsp3) is 0.316. The molecule has 2 heterocycles. The van der Waals surface area contributed by atoms with Crippen molar-refractivity contribution in [1.82, 2.24) is 14.8 Å². The van der Waals surface area contributed by atoms with E-state index in [1.54, 1.807) is 11.3 Å². The van der Waals surface area contributed by atoms with E-state index in [-0.39, 0.29) is 0 Å². The highest BCUT2D eigenvalue weighted by atomic mass is 32.1. The quantitative estimate of drug-likeness (QED) is 0.793. The van der Waals surface area contributed by atoms with Crippen LogP contribution < -0.4 is 5.73 Å². The van der Waals surface area contributed by atoms with Crippen LogP contribution in [0.25, 0.3) is 10.8 Å². The number of nitrogens with two attached hydrogens (primary N) is 1. The third-order valence-electron chi connectivity index (χ3n) is 4.69. The second-order valence-electron chi connectivity index (χ2n) is 6.36. The maximum atomic E-state index is 5.72. The Kier molecular flexibility index (Phi) is 4.47. The summed E-state index contributed by atoms with van der Waals surface area (Å²) < 4.78 is 0. The molecule has 5 heteroatoms. The highest BCUT2D eigenvalue weighted by Gasteiger charge is 2.18. The second-order valence-corrected chi connectivity index (χ2v) is 7.50. The van der Waals surface area contributed by atoms with Crippen molar-refractivity contribution in [2.45, 2.75) is 13.1 Å². The van der Waals surface area contributed by atoms with Gasteiger partial charge in [-0.3, -0.25) is 9.80 Å². The van der Waals surface area contributed by atoms with E-state index in [0.717, 1.165) is 39.3 Å². The van der Waals surface area contributed by atoms with Crippen molar-refractivity contribution in [1.29, 1.82) is 0 Å². The number of aromatic nitrogens is 1. The first kappa shape index (κ1) is 15.6. The van der Waals surface area contributed by atoms with Gasteiger partial charge < -0.3 is 5.73 Å². The van der Waals surface area contributed by atoms with E-state index in [9.17, 15) is 0 Å². The number of nitrogens with zero attached hydrogens (tertiary/aromatic N) is 3. The minimum atomic E-state index is 0.666. The number of rotatable bonds is 4. The van der Waals surface area contributed by atoms with Gasteiger partial charge in [0.2, 0.25) is 0 Å². The van der Waals surface area contributed by atoms with Crippen LogP contribution in [0.5, 0.6) is 0 Å². The summed E-state index contributed by atoms with van der Waals surface area (Å²) in [4.78, 5) is 10.4. The van der Waals surface area contributed by atoms with Crippen LogP contribution in [-0.2, 0) is 13.1 Å². The Hall–Kier alpha value is -1.95. The Morgan fingerprint density at radius 2 is 1.62 bits per heavy atom. The molecule has 1 aliphatic rings. The molecule has 1 saturated heterocycles. The zero-order valence-electron chi connectivity index (χ0n) is 13.7. The lowest BCUT2D eigenvalue weighted by Gasteiger charge is -2.34. The Bertz CT molecular complexity index is 816. The summed E-state index contributed by atoms with van der Waals surface area (Å²) in [6.07, 6.45) is 1.91.